The Labute approximate surface area is 187 Å². The number of aryl methyl sites for hydroxylation is 4. The molecule has 0 saturated carbocycles. The van der Waals surface area contributed by atoms with Gasteiger partial charge in [-0.2, -0.15) is 15.0 Å². The van der Waals surface area contributed by atoms with Crippen LogP contribution >= 0.6 is 0 Å². The Morgan fingerprint density at radius 3 is 2.41 bits per heavy atom. The van der Waals surface area contributed by atoms with Crippen LogP contribution in [-0.2, 0) is 6.42 Å². The number of benzene rings is 1. The largest absolute Gasteiger partial charge is 0.418 e. The predicted octanol–water partition coefficient (Wildman–Crippen LogP) is 3.32. The average molecular weight is 439 g/mol. The summed E-state index contributed by atoms with van der Waals surface area (Å²) in [5, 5.41) is 9.00. The predicted molar refractivity (Wildman–Crippen MR) is 125 cm³/mol. The van der Waals surface area contributed by atoms with Crippen LogP contribution in [0.15, 0.2) is 22.7 Å². The van der Waals surface area contributed by atoms with E-state index in [4.69, 9.17) is 4.42 Å². The summed E-state index contributed by atoms with van der Waals surface area (Å²) in [6.45, 7) is 9.44. The normalized spacial score (nSPS) is 11.0. The first-order chi connectivity index (χ1) is 15.2. The summed E-state index contributed by atoms with van der Waals surface area (Å²) in [6, 6.07) is 4.17. The molecule has 0 spiro atoms. The smallest absolute Gasteiger partial charge is 0.302 e. The van der Waals surface area contributed by atoms with Gasteiger partial charge in [0, 0.05) is 25.2 Å². The van der Waals surface area contributed by atoms with Crippen molar-refractivity contribution in [3.8, 4) is 0 Å². The molecule has 170 valence electrons. The molecule has 1 amide bonds. The molecule has 0 fully saturated rings. The van der Waals surface area contributed by atoms with Crippen LogP contribution in [0.1, 0.15) is 40.0 Å². The molecule has 0 aliphatic heterocycles. The van der Waals surface area contributed by atoms with Gasteiger partial charge in [0.25, 0.3) is 5.91 Å². The Morgan fingerprint density at radius 2 is 1.75 bits per heavy atom. The molecule has 0 atom stereocenters. The topological polar surface area (TPSA) is 121 Å². The fraction of sp³-hybridized carbons (Fsp3) is 0.409. The molecular formula is C22H30N8O2. The number of aromatic nitrogens is 4. The number of nitrogens with zero attached hydrogens (tertiary/aromatic N) is 5. The number of likely N-dealkylation sites (N-methyl/N-ethyl adjacent to an activating group) is 1. The van der Waals surface area contributed by atoms with Crippen molar-refractivity contribution in [3.05, 3.63) is 46.6 Å². The SMILES string of the molecule is CCc1nc(NCCN(C)C)nc(Nc2ncc(C(=O)Nc3c(C)cc(C)cc3C)o2)n1. The molecule has 2 aromatic heterocycles. The third-order valence-corrected chi connectivity index (χ3v) is 4.70. The first-order valence-electron chi connectivity index (χ1n) is 10.5. The van der Waals surface area contributed by atoms with E-state index in [9.17, 15) is 4.79 Å². The van der Waals surface area contributed by atoms with Crippen LogP contribution in [0.5, 0.6) is 0 Å². The van der Waals surface area contributed by atoms with Crippen LogP contribution in [0.4, 0.5) is 23.6 Å². The van der Waals surface area contributed by atoms with E-state index in [-0.39, 0.29) is 17.7 Å². The molecule has 1 aromatic carbocycles. The van der Waals surface area contributed by atoms with Gasteiger partial charge in [-0.1, -0.05) is 24.6 Å². The highest BCUT2D eigenvalue weighted by atomic mass is 16.4. The van der Waals surface area contributed by atoms with Gasteiger partial charge in [-0.15, -0.1) is 0 Å². The first kappa shape index (κ1) is 23.1. The zero-order valence-corrected chi connectivity index (χ0v) is 19.4. The van der Waals surface area contributed by atoms with E-state index in [2.05, 4.69) is 40.8 Å². The number of oxazole rings is 1. The number of amides is 1. The second-order valence-corrected chi connectivity index (χ2v) is 7.86. The fourth-order valence-corrected chi connectivity index (χ4v) is 3.19. The molecule has 0 aliphatic carbocycles. The molecule has 3 rings (SSSR count). The third-order valence-electron chi connectivity index (χ3n) is 4.70. The van der Waals surface area contributed by atoms with Gasteiger partial charge in [-0.3, -0.25) is 10.1 Å². The van der Waals surface area contributed by atoms with Crippen LogP contribution in [0.25, 0.3) is 0 Å². The molecule has 10 nitrogen and oxygen atoms in total. The maximum absolute atomic E-state index is 12.7. The summed E-state index contributed by atoms with van der Waals surface area (Å²) in [5.41, 5.74) is 3.88. The molecule has 0 unspecified atom stereocenters. The highest BCUT2D eigenvalue weighted by Gasteiger charge is 2.16. The third kappa shape index (κ3) is 6.01. The van der Waals surface area contributed by atoms with E-state index in [1.807, 2.05) is 53.9 Å². The lowest BCUT2D eigenvalue weighted by molar-refractivity contribution is 0.0997. The van der Waals surface area contributed by atoms with Gasteiger partial charge >= 0.3 is 6.01 Å². The summed E-state index contributed by atoms with van der Waals surface area (Å²) in [7, 11) is 3.99. The molecule has 0 bridgehead atoms. The summed E-state index contributed by atoms with van der Waals surface area (Å²) in [6.07, 6.45) is 2.02. The van der Waals surface area contributed by atoms with Gasteiger partial charge in [0.15, 0.2) is 0 Å². The lowest BCUT2D eigenvalue weighted by atomic mass is 10.1. The van der Waals surface area contributed by atoms with Crippen molar-refractivity contribution in [1.82, 2.24) is 24.8 Å². The number of nitrogens with one attached hydrogen (secondary N) is 3. The van der Waals surface area contributed by atoms with Crippen LogP contribution in [0.3, 0.4) is 0 Å². The van der Waals surface area contributed by atoms with Crippen LogP contribution in [-0.4, -0.2) is 57.9 Å². The van der Waals surface area contributed by atoms with E-state index in [1.54, 1.807) is 0 Å². The number of anilines is 4. The summed E-state index contributed by atoms with van der Waals surface area (Å²) in [4.78, 5) is 32.0. The number of hydrogen-bond acceptors (Lipinski definition) is 9. The van der Waals surface area contributed by atoms with Gasteiger partial charge in [-0.25, -0.2) is 4.98 Å². The van der Waals surface area contributed by atoms with Gasteiger partial charge < -0.3 is 20.0 Å². The minimum absolute atomic E-state index is 0.0842. The molecule has 0 aliphatic rings. The Hall–Kier alpha value is -3.53. The maximum atomic E-state index is 12.7. The number of carbonyl (C=O) groups is 1. The number of hydrogen-bond donors (Lipinski definition) is 3. The monoisotopic (exact) mass is 438 g/mol. The molecule has 3 N–H and O–H groups in total. The van der Waals surface area contributed by atoms with Crippen molar-refractivity contribution < 1.29 is 9.21 Å². The van der Waals surface area contributed by atoms with Gasteiger partial charge in [0.2, 0.25) is 17.7 Å². The van der Waals surface area contributed by atoms with E-state index in [0.717, 1.165) is 28.9 Å². The van der Waals surface area contributed by atoms with E-state index < -0.39 is 0 Å². The van der Waals surface area contributed by atoms with Crippen molar-refractivity contribution in [2.45, 2.75) is 34.1 Å². The Kier molecular flexibility index (Phi) is 7.37. The summed E-state index contributed by atoms with van der Waals surface area (Å²) in [5.74, 6) is 1.10. The molecule has 3 aromatic rings. The van der Waals surface area contributed by atoms with Crippen LogP contribution in [0.2, 0.25) is 0 Å². The highest BCUT2D eigenvalue weighted by Crippen LogP contribution is 2.23. The standard InChI is InChI=1S/C22H30N8O2/c1-7-17-25-20(23-8-9-30(5)6)28-21(26-17)29-22-24-12-16(32-22)19(31)27-18-14(3)10-13(2)11-15(18)4/h10-12H,7-9H2,1-6H3,(H,27,31)(H2,23,24,25,26,28,29). The quantitative estimate of drug-likeness (QED) is 0.462. The lowest BCUT2D eigenvalue weighted by Crippen LogP contribution is -2.22. The van der Waals surface area contributed by atoms with Crippen molar-refractivity contribution in [2.24, 2.45) is 0 Å². The van der Waals surface area contributed by atoms with Crippen molar-refractivity contribution in [2.75, 3.05) is 43.1 Å². The lowest BCUT2D eigenvalue weighted by Gasteiger charge is -2.12. The van der Waals surface area contributed by atoms with Crippen molar-refractivity contribution in [3.63, 3.8) is 0 Å². The van der Waals surface area contributed by atoms with E-state index >= 15 is 0 Å². The number of rotatable bonds is 9. The number of carbonyl (C=O) groups excluding carboxylic acids is 1. The zero-order chi connectivity index (χ0) is 23.3. The van der Waals surface area contributed by atoms with Gasteiger partial charge in [0.1, 0.15) is 5.82 Å². The maximum Gasteiger partial charge on any atom is 0.302 e. The molecule has 10 heteroatoms. The minimum Gasteiger partial charge on any atom is -0.418 e. The molecule has 0 radical (unpaired) electrons. The highest BCUT2D eigenvalue weighted by molar-refractivity contribution is 6.03. The second-order valence-electron chi connectivity index (χ2n) is 7.86. The molecular weight excluding hydrogens is 408 g/mol. The average Bonchev–Trinajstić information content (AvgIpc) is 3.18. The van der Waals surface area contributed by atoms with E-state index in [1.165, 1.54) is 6.20 Å². The summed E-state index contributed by atoms with van der Waals surface area (Å²) < 4.78 is 5.59. The first-order valence-corrected chi connectivity index (χ1v) is 10.5. The van der Waals surface area contributed by atoms with Crippen LogP contribution in [0, 0.1) is 20.8 Å². The van der Waals surface area contributed by atoms with E-state index in [0.29, 0.717) is 30.7 Å². The van der Waals surface area contributed by atoms with Crippen molar-refractivity contribution >= 4 is 29.5 Å². The van der Waals surface area contributed by atoms with Crippen LogP contribution < -0.4 is 16.0 Å². The van der Waals surface area contributed by atoms with Gasteiger partial charge in [0.05, 0.1) is 6.20 Å². The fourth-order valence-electron chi connectivity index (χ4n) is 3.19. The minimum atomic E-state index is -0.378. The molecule has 2 heterocycles. The summed E-state index contributed by atoms with van der Waals surface area (Å²) >= 11 is 0. The van der Waals surface area contributed by atoms with Crippen molar-refractivity contribution in [1.29, 1.82) is 0 Å². The Balaban J connectivity index is 1.71. The van der Waals surface area contributed by atoms with Gasteiger partial charge in [-0.05, 0) is 46.0 Å². The second kappa shape index (κ2) is 10.2. The Bertz CT molecular complexity index is 1070. The Morgan fingerprint density at radius 1 is 1.06 bits per heavy atom. The molecule has 0 saturated heterocycles. The zero-order valence-electron chi connectivity index (χ0n) is 19.4. The molecule has 32 heavy (non-hydrogen) atoms.